The second-order valence-electron chi connectivity index (χ2n) is 4.79. The zero-order chi connectivity index (χ0) is 16.3. The highest BCUT2D eigenvalue weighted by Gasteiger charge is 2.19. The zero-order valence-electron chi connectivity index (χ0n) is 12.6. The van der Waals surface area contributed by atoms with Crippen molar-refractivity contribution in [2.45, 2.75) is 20.0 Å². The summed E-state index contributed by atoms with van der Waals surface area (Å²) in [6.45, 7) is 3.18. The van der Waals surface area contributed by atoms with Crippen LogP contribution in [-0.4, -0.2) is 34.7 Å². The lowest BCUT2D eigenvalue weighted by Crippen LogP contribution is -2.27. The van der Waals surface area contributed by atoms with Crippen LogP contribution in [-0.2, 0) is 13.1 Å². The number of nitrogens with zero attached hydrogens (tertiary/aromatic N) is 3. The van der Waals surface area contributed by atoms with Gasteiger partial charge in [0.15, 0.2) is 0 Å². The predicted octanol–water partition coefficient (Wildman–Crippen LogP) is 3.60. The summed E-state index contributed by atoms with van der Waals surface area (Å²) in [7, 11) is 3.25. The third-order valence-electron chi connectivity index (χ3n) is 3.24. The number of carbonyl (C=O) groups excluding carboxylic acids is 1. The van der Waals surface area contributed by atoms with E-state index < -0.39 is 0 Å². The first-order chi connectivity index (χ1) is 10.5. The number of amides is 1. The summed E-state index contributed by atoms with van der Waals surface area (Å²) in [5.74, 6) is 0.330. The maximum atomic E-state index is 12.6. The largest absolute Gasteiger partial charge is 0.496 e. The Bertz CT molecular complexity index is 687. The number of hydrogen-bond acceptors (Lipinski definition) is 3. The average molecular weight is 387 g/mol. The summed E-state index contributed by atoms with van der Waals surface area (Å²) in [4.78, 5) is 14.2. The van der Waals surface area contributed by atoms with E-state index >= 15 is 0 Å². The standard InChI is InChI=1S/C15H17BrClN3O2/c1-4-20-8-12(16)13(18-20)9-19(2)15(21)11-7-10(17)5-6-14(11)22-3/h5-8H,4,9H2,1-3H3. The Morgan fingerprint density at radius 2 is 2.23 bits per heavy atom. The molecular weight excluding hydrogens is 370 g/mol. The maximum Gasteiger partial charge on any atom is 0.257 e. The van der Waals surface area contributed by atoms with Gasteiger partial charge in [-0.15, -0.1) is 0 Å². The minimum atomic E-state index is -0.169. The van der Waals surface area contributed by atoms with Crippen molar-refractivity contribution in [1.82, 2.24) is 14.7 Å². The number of hydrogen-bond donors (Lipinski definition) is 0. The number of rotatable bonds is 5. The third-order valence-corrected chi connectivity index (χ3v) is 4.13. The zero-order valence-corrected chi connectivity index (χ0v) is 15.0. The van der Waals surface area contributed by atoms with Gasteiger partial charge in [-0.05, 0) is 41.1 Å². The molecule has 2 aromatic rings. The summed E-state index contributed by atoms with van der Waals surface area (Å²) in [5.41, 5.74) is 1.24. The summed E-state index contributed by atoms with van der Waals surface area (Å²) in [6, 6.07) is 4.99. The molecule has 0 aliphatic rings. The van der Waals surface area contributed by atoms with Crippen molar-refractivity contribution in [3.63, 3.8) is 0 Å². The molecule has 0 bridgehead atoms. The Morgan fingerprint density at radius 3 is 2.82 bits per heavy atom. The van der Waals surface area contributed by atoms with Gasteiger partial charge in [-0.1, -0.05) is 11.6 Å². The average Bonchev–Trinajstić information content (AvgIpc) is 2.86. The number of aromatic nitrogens is 2. The molecule has 1 amide bonds. The second kappa shape index (κ2) is 7.15. The highest BCUT2D eigenvalue weighted by atomic mass is 79.9. The number of aryl methyl sites for hydroxylation is 1. The van der Waals surface area contributed by atoms with Crippen LogP contribution in [0.2, 0.25) is 5.02 Å². The minimum absolute atomic E-state index is 0.169. The van der Waals surface area contributed by atoms with Crippen LogP contribution in [0.1, 0.15) is 23.0 Å². The first kappa shape index (κ1) is 16.8. The molecular formula is C15H17BrClN3O2. The number of halogens is 2. The van der Waals surface area contributed by atoms with Crippen LogP contribution in [0, 0.1) is 0 Å². The van der Waals surface area contributed by atoms with E-state index in [2.05, 4.69) is 21.0 Å². The van der Waals surface area contributed by atoms with Crippen LogP contribution in [0.15, 0.2) is 28.9 Å². The van der Waals surface area contributed by atoms with Gasteiger partial charge in [0, 0.05) is 24.8 Å². The lowest BCUT2D eigenvalue weighted by atomic mass is 10.1. The van der Waals surface area contributed by atoms with Gasteiger partial charge < -0.3 is 9.64 Å². The van der Waals surface area contributed by atoms with E-state index in [9.17, 15) is 4.79 Å². The van der Waals surface area contributed by atoms with Crippen molar-refractivity contribution in [3.8, 4) is 5.75 Å². The topological polar surface area (TPSA) is 47.4 Å². The molecule has 7 heteroatoms. The molecule has 5 nitrogen and oxygen atoms in total. The van der Waals surface area contributed by atoms with Crippen LogP contribution in [0.5, 0.6) is 5.75 Å². The molecule has 0 fully saturated rings. The molecule has 22 heavy (non-hydrogen) atoms. The van der Waals surface area contributed by atoms with Crippen LogP contribution < -0.4 is 4.74 Å². The smallest absolute Gasteiger partial charge is 0.257 e. The molecule has 1 aromatic heterocycles. The number of carbonyl (C=O) groups is 1. The van der Waals surface area contributed by atoms with Gasteiger partial charge in [0.2, 0.25) is 0 Å². The molecule has 0 aliphatic carbocycles. The van der Waals surface area contributed by atoms with Crippen molar-refractivity contribution in [3.05, 3.63) is 45.1 Å². The van der Waals surface area contributed by atoms with E-state index in [1.165, 1.54) is 7.11 Å². The van der Waals surface area contributed by atoms with E-state index in [0.29, 0.717) is 22.9 Å². The van der Waals surface area contributed by atoms with Crippen molar-refractivity contribution in [2.75, 3.05) is 14.2 Å². The van der Waals surface area contributed by atoms with Crippen LogP contribution in [0.4, 0.5) is 0 Å². The Morgan fingerprint density at radius 1 is 1.50 bits per heavy atom. The van der Waals surface area contributed by atoms with Crippen molar-refractivity contribution in [2.24, 2.45) is 0 Å². The summed E-state index contributed by atoms with van der Waals surface area (Å²) in [5, 5.41) is 4.92. The van der Waals surface area contributed by atoms with Gasteiger partial charge in [0.1, 0.15) is 5.75 Å². The van der Waals surface area contributed by atoms with Gasteiger partial charge in [0.25, 0.3) is 5.91 Å². The molecule has 0 aliphatic heterocycles. The van der Waals surface area contributed by atoms with Gasteiger partial charge >= 0.3 is 0 Å². The second-order valence-corrected chi connectivity index (χ2v) is 6.08. The normalized spacial score (nSPS) is 10.6. The Hall–Kier alpha value is -1.53. The van der Waals surface area contributed by atoms with Gasteiger partial charge in [-0.3, -0.25) is 9.48 Å². The fourth-order valence-electron chi connectivity index (χ4n) is 2.06. The summed E-state index contributed by atoms with van der Waals surface area (Å²) in [6.07, 6.45) is 1.90. The fraction of sp³-hybridized carbons (Fsp3) is 0.333. The van der Waals surface area contributed by atoms with Gasteiger partial charge in [0.05, 0.1) is 29.4 Å². The fourth-order valence-corrected chi connectivity index (χ4v) is 2.67. The van der Waals surface area contributed by atoms with E-state index in [4.69, 9.17) is 16.3 Å². The van der Waals surface area contributed by atoms with Crippen LogP contribution >= 0.6 is 27.5 Å². The third kappa shape index (κ3) is 3.62. The maximum absolute atomic E-state index is 12.6. The van der Waals surface area contributed by atoms with Crippen molar-refractivity contribution >= 4 is 33.4 Å². The Kier molecular flexibility index (Phi) is 5.47. The number of benzene rings is 1. The minimum Gasteiger partial charge on any atom is -0.496 e. The van der Waals surface area contributed by atoms with E-state index in [1.807, 2.05) is 17.8 Å². The molecule has 0 saturated heterocycles. The molecule has 0 N–H and O–H groups in total. The van der Waals surface area contributed by atoms with E-state index in [1.54, 1.807) is 30.1 Å². The van der Waals surface area contributed by atoms with Gasteiger partial charge in [-0.25, -0.2) is 0 Å². The first-order valence-electron chi connectivity index (χ1n) is 6.77. The van der Waals surface area contributed by atoms with Gasteiger partial charge in [-0.2, -0.15) is 5.10 Å². The molecule has 0 unspecified atom stereocenters. The predicted molar refractivity (Wildman–Crippen MR) is 89.4 cm³/mol. The molecule has 0 spiro atoms. The molecule has 0 radical (unpaired) electrons. The number of ether oxygens (including phenoxy) is 1. The Balaban J connectivity index is 2.22. The lowest BCUT2D eigenvalue weighted by molar-refractivity contribution is 0.0779. The summed E-state index contributed by atoms with van der Waals surface area (Å²) >= 11 is 9.45. The van der Waals surface area contributed by atoms with E-state index in [-0.39, 0.29) is 5.91 Å². The number of methoxy groups -OCH3 is 1. The molecule has 1 aromatic carbocycles. The Labute approximate surface area is 142 Å². The molecule has 118 valence electrons. The van der Waals surface area contributed by atoms with Crippen LogP contribution in [0.3, 0.4) is 0 Å². The summed E-state index contributed by atoms with van der Waals surface area (Å²) < 4.78 is 7.93. The monoisotopic (exact) mass is 385 g/mol. The van der Waals surface area contributed by atoms with E-state index in [0.717, 1.165) is 16.7 Å². The van der Waals surface area contributed by atoms with Crippen LogP contribution in [0.25, 0.3) is 0 Å². The van der Waals surface area contributed by atoms with Crippen molar-refractivity contribution < 1.29 is 9.53 Å². The molecule has 0 atom stereocenters. The highest BCUT2D eigenvalue weighted by Crippen LogP contribution is 2.25. The molecule has 1 heterocycles. The quantitative estimate of drug-likeness (QED) is 0.789. The lowest BCUT2D eigenvalue weighted by Gasteiger charge is -2.18. The molecule has 2 rings (SSSR count). The molecule has 0 saturated carbocycles. The SMILES string of the molecule is CCn1cc(Br)c(CN(C)C(=O)c2cc(Cl)ccc2OC)n1. The first-order valence-corrected chi connectivity index (χ1v) is 7.94. The highest BCUT2D eigenvalue weighted by molar-refractivity contribution is 9.10. The van der Waals surface area contributed by atoms with Crippen molar-refractivity contribution in [1.29, 1.82) is 0 Å².